The van der Waals surface area contributed by atoms with Gasteiger partial charge in [-0.15, -0.1) is 0 Å². The van der Waals surface area contributed by atoms with Crippen molar-refractivity contribution >= 4 is 15.8 Å². The van der Waals surface area contributed by atoms with Crippen LogP contribution >= 0.6 is 0 Å². The number of hydrogen-bond acceptors (Lipinski definition) is 4. The van der Waals surface area contributed by atoms with Crippen molar-refractivity contribution in [3.8, 4) is 0 Å². The van der Waals surface area contributed by atoms with Gasteiger partial charge in [-0.3, -0.25) is 4.72 Å². The first-order valence-electron chi connectivity index (χ1n) is 4.89. The van der Waals surface area contributed by atoms with Gasteiger partial charge in [0, 0.05) is 6.07 Å². The third kappa shape index (κ3) is 3.05. The number of aromatic nitrogens is 1. The molecule has 1 aromatic carbocycles. The number of alkyl halides is 3. The van der Waals surface area contributed by atoms with E-state index in [0.29, 0.717) is 12.1 Å². The predicted molar refractivity (Wildman–Crippen MR) is 58.8 cm³/mol. The Morgan fingerprint density at radius 3 is 2.21 bits per heavy atom. The molecule has 0 bridgehead atoms. The van der Waals surface area contributed by atoms with Crippen molar-refractivity contribution in [3.05, 3.63) is 42.2 Å². The molecule has 0 aliphatic carbocycles. The highest BCUT2D eigenvalue weighted by Gasteiger charge is 2.30. The van der Waals surface area contributed by atoms with Crippen molar-refractivity contribution in [2.45, 2.75) is 11.1 Å². The van der Waals surface area contributed by atoms with E-state index in [0.717, 1.165) is 18.4 Å². The van der Waals surface area contributed by atoms with E-state index in [4.69, 9.17) is 0 Å². The molecule has 0 unspecified atom stereocenters. The predicted octanol–water partition coefficient (Wildman–Crippen LogP) is 2.49. The van der Waals surface area contributed by atoms with Crippen LogP contribution in [0.15, 0.2) is 46.0 Å². The smallest absolute Gasteiger partial charge is 0.363 e. The van der Waals surface area contributed by atoms with Crippen LogP contribution < -0.4 is 4.72 Å². The molecule has 0 saturated heterocycles. The third-order valence-electron chi connectivity index (χ3n) is 2.17. The number of sulfonamides is 1. The van der Waals surface area contributed by atoms with Gasteiger partial charge >= 0.3 is 6.18 Å². The Labute approximate surface area is 106 Å². The van der Waals surface area contributed by atoms with E-state index in [1.54, 1.807) is 0 Å². The minimum atomic E-state index is -4.51. The molecule has 5 nitrogen and oxygen atoms in total. The summed E-state index contributed by atoms with van der Waals surface area (Å²) in [5, 5.41) is 3.34. The van der Waals surface area contributed by atoms with Gasteiger partial charge in [0.2, 0.25) is 0 Å². The number of hydrogen-bond donors (Lipinski definition) is 1. The highest BCUT2D eigenvalue weighted by Crippen LogP contribution is 2.29. The van der Waals surface area contributed by atoms with Crippen molar-refractivity contribution in [2.24, 2.45) is 0 Å². The zero-order valence-corrected chi connectivity index (χ0v) is 9.99. The lowest BCUT2D eigenvalue weighted by molar-refractivity contribution is -0.137. The fourth-order valence-corrected chi connectivity index (χ4v) is 2.28. The standard InChI is InChI=1S/C10H7F3N2O3S/c11-10(12,13)7-1-3-8(4-2-7)19(16,17)15-9-5-6-18-14-9/h1-6H,(H,14,15). The van der Waals surface area contributed by atoms with Crippen LogP contribution in [-0.4, -0.2) is 13.6 Å². The second kappa shape index (κ2) is 4.57. The number of nitrogens with zero attached hydrogens (tertiary/aromatic N) is 1. The summed E-state index contributed by atoms with van der Waals surface area (Å²) < 4.78 is 67.1. The maximum atomic E-state index is 12.3. The number of rotatable bonds is 3. The maximum absolute atomic E-state index is 12.3. The summed E-state index contributed by atoms with van der Waals surface area (Å²) in [5.74, 6) is -0.0557. The van der Waals surface area contributed by atoms with Crippen LogP contribution in [0.1, 0.15) is 5.56 Å². The molecule has 1 aromatic heterocycles. The van der Waals surface area contributed by atoms with Gasteiger partial charge in [-0.2, -0.15) is 13.2 Å². The normalized spacial score (nSPS) is 12.4. The van der Waals surface area contributed by atoms with E-state index in [1.165, 1.54) is 6.07 Å². The molecule has 0 fully saturated rings. The molecule has 0 atom stereocenters. The van der Waals surface area contributed by atoms with E-state index >= 15 is 0 Å². The molecule has 2 rings (SSSR count). The van der Waals surface area contributed by atoms with Crippen LogP contribution in [0.5, 0.6) is 0 Å². The van der Waals surface area contributed by atoms with Gasteiger partial charge in [-0.1, -0.05) is 5.16 Å². The van der Waals surface area contributed by atoms with Crippen LogP contribution in [0.25, 0.3) is 0 Å². The largest absolute Gasteiger partial charge is 0.416 e. The molecular formula is C10H7F3N2O3S. The van der Waals surface area contributed by atoms with Crippen LogP contribution in [-0.2, 0) is 16.2 Å². The van der Waals surface area contributed by atoms with Crippen molar-refractivity contribution in [3.63, 3.8) is 0 Å². The zero-order chi connectivity index (χ0) is 14.1. The average Bonchev–Trinajstić information content (AvgIpc) is 2.80. The first-order valence-corrected chi connectivity index (χ1v) is 6.38. The highest BCUT2D eigenvalue weighted by atomic mass is 32.2. The summed E-state index contributed by atoms with van der Waals surface area (Å²) in [6, 6.07) is 4.38. The Hall–Kier alpha value is -2.03. The van der Waals surface area contributed by atoms with E-state index < -0.39 is 21.8 Å². The van der Waals surface area contributed by atoms with Crippen LogP contribution in [0.2, 0.25) is 0 Å². The van der Waals surface area contributed by atoms with E-state index in [-0.39, 0.29) is 10.7 Å². The van der Waals surface area contributed by atoms with Crippen molar-refractivity contribution in [1.29, 1.82) is 0 Å². The molecule has 0 aliphatic heterocycles. The quantitative estimate of drug-likeness (QED) is 0.943. The summed E-state index contributed by atoms with van der Waals surface area (Å²) in [5.41, 5.74) is -0.923. The van der Waals surface area contributed by atoms with Gasteiger partial charge in [0.15, 0.2) is 5.82 Å². The van der Waals surface area contributed by atoms with Crippen molar-refractivity contribution in [2.75, 3.05) is 4.72 Å². The summed E-state index contributed by atoms with van der Waals surface area (Å²) in [4.78, 5) is -0.302. The van der Waals surface area contributed by atoms with Crippen molar-refractivity contribution in [1.82, 2.24) is 5.16 Å². The molecule has 1 N–H and O–H groups in total. The lowest BCUT2D eigenvalue weighted by atomic mass is 10.2. The second-order valence-electron chi connectivity index (χ2n) is 3.51. The Morgan fingerprint density at radius 2 is 1.74 bits per heavy atom. The van der Waals surface area contributed by atoms with Gasteiger partial charge in [0.1, 0.15) is 6.26 Å². The molecule has 1 heterocycles. The molecule has 9 heteroatoms. The fourth-order valence-electron chi connectivity index (χ4n) is 1.28. The summed E-state index contributed by atoms with van der Waals surface area (Å²) >= 11 is 0. The molecular weight excluding hydrogens is 285 g/mol. The van der Waals surface area contributed by atoms with E-state index in [1.807, 2.05) is 0 Å². The maximum Gasteiger partial charge on any atom is 0.416 e. The fraction of sp³-hybridized carbons (Fsp3) is 0.100. The SMILES string of the molecule is O=S(=O)(Nc1ccon1)c1ccc(C(F)(F)F)cc1. The third-order valence-corrected chi connectivity index (χ3v) is 3.54. The summed E-state index contributed by atoms with van der Waals surface area (Å²) in [6.07, 6.45) is -3.35. The van der Waals surface area contributed by atoms with Gasteiger partial charge in [0.25, 0.3) is 10.0 Å². The molecule has 0 radical (unpaired) electrons. The number of benzene rings is 1. The molecule has 0 aliphatic rings. The van der Waals surface area contributed by atoms with Crippen LogP contribution in [0.4, 0.5) is 19.0 Å². The topological polar surface area (TPSA) is 72.2 Å². The number of nitrogens with one attached hydrogen (secondary N) is 1. The zero-order valence-electron chi connectivity index (χ0n) is 9.18. The Bertz CT molecular complexity index is 648. The molecule has 19 heavy (non-hydrogen) atoms. The first-order chi connectivity index (χ1) is 8.79. The Balaban J connectivity index is 2.27. The molecule has 0 saturated carbocycles. The van der Waals surface area contributed by atoms with Gasteiger partial charge in [-0.25, -0.2) is 8.42 Å². The molecule has 2 aromatic rings. The monoisotopic (exact) mass is 292 g/mol. The lowest BCUT2D eigenvalue weighted by Gasteiger charge is -2.08. The minimum Gasteiger partial charge on any atom is -0.363 e. The first kappa shape index (κ1) is 13.4. The van der Waals surface area contributed by atoms with Crippen LogP contribution in [0, 0.1) is 0 Å². The Morgan fingerprint density at radius 1 is 1.11 bits per heavy atom. The lowest BCUT2D eigenvalue weighted by Crippen LogP contribution is -2.13. The average molecular weight is 292 g/mol. The number of anilines is 1. The van der Waals surface area contributed by atoms with E-state index in [2.05, 4.69) is 14.4 Å². The second-order valence-corrected chi connectivity index (χ2v) is 5.19. The van der Waals surface area contributed by atoms with Gasteiger partial charge < -0.3 is 4.52 Å². The van der Waals surface area contributed by atoms with Crippen molar-refractivity contribution < 1.29 is 26.1 Å². The minimum absolute atomic E-state index is 0.0557. The van der Waals surface area contributed by atoms with E-state index in [9.17, 15) is 21.6 Å². The number of halogens is 3. The summed E-state index contributed by atoms with van der Waals surface area (Å²) in [7, 11) is -3.99. The molecule has 0 spiro atoms. The van der Waals surface area contributed by atoms with Gasteiger partial charge in [0.05, 0.1) is 10.5 Å². The Kier molecular flexibility index (Phi) is 3.23. The molecule has 102 valence electrons. The van der Waals surface area contributed by atoms with Crippen LogP contribution in [0.3, 0.4) is 0 Å². The highest BCUT2D eigenvalue weighted by molar-refractivity contribution is 7.92. The molecule has 0 amide bonds. The summed E-state index contributed by atoms with van der Waals surface area (Å²) in [6.45, 7) is 0. The van der Waals surface area contributed by atoms with Gasteiger partial charge in [-0.05, 0) is 24.3 Å².